The topological polar surface area (TPSA) is 35.5 Å². The summed E-state index contributed by atoms with van der Waals surface area (Å²) in [6, 6.07) is 0. The van der Waals surface area contributed by atoms with Crippen molar-refractivity contribution in [3.05, 3.63) is 24.3 Å². The summed E-state index contributed by atoms with van der Waals surface area (Å²) in [5.74, 6) is -0.807. The molecule has 13 heavy (non-hydrogen) atoms. The van der Waals surface area contributed by atoms with Gasteiger partial charge in [-0.25, -0.2) is 0 Å². The zero-order chi connectivity index (χ0) is 9.90. The van der Waals surface area contributed by atoms with Crippen LogP contribution in [0.15, 0.2) is 24.3 Å². The van der Waals surface area contributed by atoms with Crippen molar-refractivity contribution in [2.24, 2.45) is 5.92 Å². The third-order valence-electron chi connectivity index (χ3n) is 2.18. The molecular weight excluding hydrogens is 168 g/mol. The quantitative estimate of drug-likeness (QED) is 0.487. The van der Waals surface area contributed by atoms with Crippen molar-refractivity contribution in [1.29, 1.82) is 0 Å². The van der Waals surface area contributed by atoms with Crippen LogP contribution in [0.1, 0.15) is 6.92 Å². The maximum absolute atomic E-state index is 11.0. The fourth-order valence-electron chi connectivity index (χ4n) is 1.22. The number of hydrogen-bond donors (Lipinski definition) is 0. The molecule has 1 rings (SSSR count). The number of ketones is 1. The first-order chi connectivity index (χ1) is 6.13. The van der Waals surface area contributed by atoms with E-state index in [9.17, 15) is 4.79 Å². The van der Waals surface area contributed by atoms with E-state index in [4.69, 9.17) is 9.47 Å². The summed E-state index contributed by atoms with van der Waals surface area (Å²) in [6.07, 6.45) is 7.07. The Labute approximate surface area is 78.0 Å². The average Bonchev–Trinajstić information content (AvgIpc) is 2.18. The maximum Gasteiger partial charge on any atom is 0.207 e. The molecule has 0 heterocycles. The lowest BCUT2D eigenvalue weighted by atomic mass is 9.97. The Morgan fingerprint density at radius 2 is 1.69 bits per heavy atom. The molecule has 0 amide bonds. The molecule has 0 atom stereocenters. The van der Waals surface area contributed by atoms with E-state index in [0.29, 0.717) is 0 Å². The minimum absolute atomic E-state index is 0.119. The fraction of sp³-hybridized carbons (Fsp3) is 0.500. The summed E-state index contributed by atoms with van der Waals surface area (Å²) in [7, 11) is 3.12. The fourth-order valence-corrected chi connectivity index (χ4v) is 1.22. The Balaban J connectivity index is 2.77. The Morgan fingerprint density at radius 1 is 1.23 bits per heavy atom. The maximum atomic E-state index is 11.0. The van der Waals surface area contributed by atoms with Gasteiger partial charge in [-0.3, -0.25) is 4.79 Å². The van der Waals surface area contributed by atoms with Crippen LogP contribution in [0.5, 0.6) is 0 Å². The Morgan fingerprint density at radius 3 is 2.00 bits per heavy atom. The van der Waals surface area contributed by atoms with Gasteiger partial charge in [0.15, 0.2) is 0 Å². The number of ether oxygens (including phenoxy) is 2. The van der Waals surface area contributed by atoms with Gasteiger partial charge in [0.05, 0.1) is 5.92 Å². The second-order valence-corrected chi connectivity index (χ2v) is 2.98. The van der Waals surface area contributed by atoms with E-state index in [1.165, 1.54) is 0 Å². The third kappa shape index (κ3) is 2.05. The molecule has 0 aromatic carbocycles. The molecule has 0 N–H and O–H groups in total. The van der Waals surface area contributed by atoms with E-state index in [-0.39, 0.29) is 11.7 Å². The number of carbonyl (C=O) groups excluding carboxylic acids is 1. The molecule has 0 fully saturated rings. The highest BCUT2D eigenvalue weighted by Gasteiger charge is 2.26. The normalized spacial score (nSPS) is 20.5. The average molecular weight is 182 g/mol. The summed E-state index contributed by atoms with van der Waals surface area (Å²) in [6.45, 7) is 1.56. The first kappa shape index (κ1) is 10.2. The van der Waals surface area contributed by atoms with Gasteiger partial charge < -0.3 is 9.47 Å². The van der Waals surface area contributed by atoms with Crippen LogP contribution in [-0.4, -0.2) is 25.8 Å². The van der Waals surface area contributed by atoms with E-state index >= 15 is 0 Å². The Kier molecular flexibility index (Phi) is 3.01. The van der Waals surface area contributed by atoms with Crippen LogP contribution in [0.4, 0.5) is 0 Å². The zero-order valence-corrected chi connectivity index (χ0v) is 8.11. The van der Waals surface area contributed by atoms with Crippen LogP contribution in [0.2, 0.25) is 0 Å². The second kappa shape index (κ2) is 3.85. The first-order valence-electron chi connectivity index (χ1n) is 4.13. The van der Waals surface area contributed by atoms with Crippen molar-refractivity contribution in [3.8, 4) is 0 Å². The monoisotopic (exact) mass is 182 g/mol. The van der Waals surface area contributed by atoms with Gasteiger partial charge in [-0.05, 0) is 19.1 Å². The molecule has 0 aromatic heterocycles. The molecule has 0 radical (unpaired) electrons. The van der Waals surface area contributed by atoms with Crippen molar-refractivity contribution in [1.82, 2.24) is 0 Å². The predicted octanol–water partition coefficient (Wildman–Crippen LogP) is 1.31. The summed E-state index contributed by atoms with van der Waals surface area (Å²) < 4.78 is 10.3. The van der Waals surface area contributed by atoms with E-state index in [2.05, 4.69) is 0 Å². The molecule has 1 aliphatic carbocycles. The number of Topliss-reactive ketones (excluding diaryl/α,β-unsaturated/α-hetero) is 1. The van der Waals surface area contributed by atoms with Crippen molar-refractivity contribution < 1.29 is 14.3 Å². The van der Waals surface area contributed by atoms with Gasteiger partial charge in [-0.15, -0.1) is 0 Å². The largest absolute Gasteiger partial charge is 0.346 e. The van der Waals surface area contributed by atoms with Gasteiger partial charge in [0, 0.05) is 14.2 Å². The molecule has 0 bridgehead atoms. The second-order valence-electron chi connectivity index (χ2n) is 2.98. The van der Waals surface area contributed by atoms with Crippen molar-refractivity contribution in [3.63, 3.8) is 0 Å². The molecule has 3 heteroatoms. The molecule has 0 aromatic rings. The SMILES string of the molecule is COC1(OC)C=CC(C(C)=O)C=C1. The Bertz CT molecular complexity index is 233. The lowest BCUT2D eigenvalue weighted by Gasteiger charge is -2.27. The molecule has 0 spiro atoms. The number of carbonyl (C=O) groups is 1. The highest BCUT2D eigenvalue weighted by atomic mass is 16.7. The number of rotatable bonds is 3. The smallest absolute Gasteiger partial charge is 0.207 e. The highest BCUT2D eigenvalue weighted by Crippen LogP contribution is 2.22. The predicted molar refractivity (Wildman–Crippen MR) is 49.2 cm³/mol. The van der Waals surface area contributed by atoms with Crippen LogP contribution in [0, 0.1) is 5.92 Å². The van der Waals surface area contributed by atoms with Crippen LogP contribution in [0.25, 0.3) is 0 Å². The summed E-state index contributed by atoms with van der Waals surface area (Å²) in [4.78, 5) is 11.0. The van der Waals surface area contributed by atoms with Crippen LogP contribution >= 0.6 is 0 Å². The first-order valence-corrected chi connectivity index (χ1v) is 4.13. The van der Waals surface area contributed by atoms with E-state index in [1.54, 1.807) is 45.4 Å². The van der Waals surface area contributed by atoms with E-state index < -0.39 is 5.79 Å². The summed E-state index contributed by atoms with van der Waals surface area (Å²) in [5, 5.41) is 0. The number of methoxy groups -OCH3 is 2. The van der Waals surface area contributed by atoms with Crippen molar-refractivity contribution in [2.75, 3.05) is 14.2 Å². The molecule has 1 aliphatic rings. The number of hydrogen-bond acceptors (Lipinski definition) is 3. The highest BCUT2D eigenvalue weighted by molar-refractivity contribution is 5.82. The standard InChI is InChI=1S/C10H14O3/c1-8(11)9-4-6-10(12-2,13-3)7-5-9/h4-7,9H,1-3H3. The van der Waals surface area contributed by atoms with Crippen LogP contribution < -0.4 is 0 Å². The molecule has 0 saturated heterocycles. The van der Waals surface area contributed by atoms with Gasteiger partial charge in [0.1, 0.15) is 5.78 Å². The minimum atomic E-state index is -0.786. The molecule has 3 nitrogen and oxygen atoms in total. The van der Waals surface area contributed by atoms with Gasteiger partial charge in [-0.2, -0.15) is 0 Å². The van der Waals surface area contributed by atoms with Gasteiger partial charge in [0.25, 0.3) is 0 Å². The summed E-state index contributed by atoms with van der Waals surface area (Å²) in [5.41, 5.74) is 0. The van der Waals surface area contributed by atoms with Crippen LogP contribution in [-0.2, 0) is 14.3 Å². The molecule has 0 unspecified atom stereocenters. The van der Waals surface area contributed by atoms with Gasteiger partial charge in [0.2, 0.25) is 5.79 Å². The van der Waals surface area contributed by atoms with Gasteiger partial charge in [-0.1, -0.05) is 12.2 Å². The Hall–Kier alpha value is -0.930. The van der Waals surface area contributed by atoms with E-state index in [1.807, 2.05) is 0 Å². The zero-order valence-electron chi connectivity index (χ0n) is 8.11. The molecule has 72 valence electrons. The minimum Gasteiger partial charge on any atom is -0.346 e. The van der Waals surface area contributed by atoms with Crippen LogP contribution in [0.3, 0.4) is 0 Å². The molecule has 0 aliphatic heterocycles. The van der Waals surface area contributed by atoms with Crippen molar-refractivity contribution in [2.45, 2.75) is 12.7 Å². The molecular formula is C10H14O3. The molecule has 0 saturated carbocycles. The lowest BCUT2D eigenvalue weighted by molar-refractivity contribution is -0.135. The van der Waals surface area contributed by atoms with E-state index in [0.717, 1.165) is 0 Å². The van der Waals surface area contributed by atoms with Gasteiger partial charge >= 0.3 is 0 Å². The lowest BCUT2D eigenvalue weighted by Crippen LogP contribution is -2.31. The van der Waals surface area contributed by atoms with Crippen molar-refractivity contribution >= 4 is 5.78 Å². The third-order valence-corrected chi connectivity index (χ3v) is 2.18. The summed E-state index contributed by atoms with van der Waals surface area (Å²) >= 11 is 0. The number of allylic oxidation sites excluding steroid dienone is 2.